The molecule has 0 radical (unpaired) electrons. The Balaban J connectivity index is 1.70. The molecule has 21 heavy (non-hydrogen) atoms. The van der Waals surface area contributed by atoms with Crippen LogP contribution in [0.2, 0.25) is 0 Å². The predicted octanol–water partition coefficient (Wildman–Crippen LogP) is 3.99. The van der Waals surface area contributed by atoms with Crippen molar-refractivity contribution in [1.82, 2.24) is 10.2 Å². The number of halogens is 1. The molecule has 0 saturated carbocycles. The van der Waals surface area contributed by atoms with Crippen LogP contribution in [0.3, 0.4) is 0 Å². The Hall–Kier alpha value is -0.930. The van der Waals surface area contributed by atoms with Gasteiger partial charge in [-0.15, -0.1) is 0 Å². The van der Waals surface area contributed by atoms with Gasteiger partial charge in [-0.05, 0) is 63.8 Å². The summed E-state index contributed by atoms with van der Waals surface area (Å²) in [5.74, 6) is 0.798. The number of piperidine rings is 1. The van der Waals surface area contributed by atoms with Crippen molar-refractivity contribution >= 4 is 0 Å². The fourth-order valence-corrected chi connectivity index (χ4v) is 3.10. The topological polar surface area (TPSA) is 15.3 Å². The van der Waals surface area contributed by atoms with Gasteiger partial charge < -0.3 is 10.2 Å². The van der Waals surface area contributed by atoms with Gasteiger partial charge in [0.2, 0.25) is 0 Å². The van der Waals surface area contributed by atoms with E-state index >= 15 is 0 Å². The number of benzene rings is 1. The molecule has 2 nitrogen and oxygen atoms in total. The van der Waals surface area contributed by atoms with Crippen molar-refractivity contribution in [2.75, 3.05) is 26.2 Å². The van der Waals surface area contributed by atoms with Gasteiger partial charge >= 0.3 is 0 Å². The molecule has 1 aliphatic heterocycles. The maximum Gasteiger partial charge on any atom is 0.127 e. The fraction of sp³-hybridized carbons (Fsp3) is 0.667. The fourth-order valence-electron chi connectivity index (χ4n) is 3.10. The van der Waals surface area contributed by atoms with Crippen LogP contribution in [-0.4, -0.2) is 31.1 Å². The minimum Gasteiger partial charge on any atom is -0.310 e. The first-order valence-corrected chi connectivity index (χ1v) is 8.41. The monoisotopic (exact) mass is 292 g/mol. The van der Waals surface area contributed by atoms with Crippen LogP contribution in [-0.2, 0) is 0 Å². The van der Waals surface area contributed by atoms with Crippen molar-refractivity contribution in [2.24, 2.45) is 5.92 Å². The van der Waals surface area contributed by atoms with Crippen LogP contribution < -0.4 is 5.32 Å². The smallest absolute Gasteiger partial charge is 0.127 e. The normalized spacial score (nSPS) is 18.8. The summed E-state index contributed by atoms with van der Waals surface area (Å²) in [4.78, 5) is 2.56. The molecule has 1 N–H and O–H groups in total. The third-order valence-electron chi connectivity index (χ3n) is 4.61. The van der Waals surface area contributed by atoms with E-state index in [1.54, 1.807) is 12.1 Å². The standard InChI is InChI=1S/C18H29FN2/c1-3-18(16-7-4-5-8-17(16)19)20-11-6-12-21-13-9-15(2)10-14-21/h4-5,7-8,15,18,20H,3,6,9-14H2,1-2H3. The highest BCUT2D eigenvalue weighted by atomic mass is 19.1. The maximum atomic E-state index is 13.8. The summed E-state index contributed by atoms with van der Waals surface area (Å²) in [6.07, 6.45) is 4.72. The molecule has 0 bridgehead atoms. The van der Waals surface area contributed by atoms with E-state index in [0.29, 0.717) is 0 Å². The lowest BCUT2D eigenvalue weighted by Crippen LogP contribution is -2.35. The average Bonchev–Trinajstić information content (AvgIpc) is 2.50. The molecule has 3 heteroatoms. The van der Waals surface area contributed by atoms with Gasteiger partial charge in [-0.2, -0.15) is 0 Å². The molecule has 0 spiro atoms. The average molecular weight is 292 g/mol. The first-order valence-electron chi connectivity index (χ1n) is 8.41. The number of hydrogen-bond acceptors (Lipinski definition) is 2. The summed E-state index contributed by atoms with van der Waals surface area (Å²) >= 11 is 0. The molecule has 1 aliphatic rings. The van der Waals surface area contributed by atoms with Gasteiger partial charge in [0.05, 0.1) is 0 Å². The number of hydrogen-bond donors (Lipinski definition) is 1. The van der Waals surface area contributed by atoms with Crippen molar-refractivity contribution in [3.63, 3.8) is 0 Å². The van der Waals surface area contributed by atoms with E-state index < -0.39 is 0 Å². The Bertz CT molecular complexity index is 413. The second-order valence-electron chi connectivity index (χ2n) is 6.31. The van der Waals surface area contributed by atoms with Crippen LogP contribution in [0.25, 0.3) is 0 Å². The van der Waals surface area contributed by atoms with E-state index in [1.165, 1.54) is 25.9 Å². The second kappa shape index (κ2) is 8.50. The maximum absolute atomic E-state index is 13.8. The van der Waals surface area contributed by atoms with Crippen LogP contribution in [0.1, 0.15) is 51.1 Å². The van der Waals surface area contributed by atoms with E-state index in [0.717, 1.165) is 37.4 Å². The van der Waals surface area contributed by atoms with E-state index in [4.69, 9.17) is 0 Å². The van der Waals surface area contributed by atoms with Gasteiger partial charge in [0, 0.05) is 11.6 Å². The first-order chi connectivity index (χ1) is 10.2. The molecule has 1 atom stereocenters. The molecule has 1 aromatic rings. The van der Waals surface area contributed by atoms with Crippen LogP contribution in [0.15, 0.2) is 24.3 Å². The van der Waals surface area contributed by atoms with Gasteiger partial charge in [-0.1, -0.05) is 32.0 Å². The lowest BCUT2D eigenvalue weighted by molar-refractivity contribution is 0.189. The summed E-state index contributed by atoms with van der Waals surface area (Å²) < 4.78 is 13.8. The Kier molecular flexibility index (Phi) is 6.65. The third-order valence-corrected chi connectivity index (χ3v) is 4.61. The van der Waals surface area contributed by atoms with Gasteiger partial charge in [0.1, 0.15) is 5.82 Å². The summed E-state index contributed by atoms with van der Waals surface area (Å²) in [5, 5.41) is 3.51. The highest BCUT2D eigenvalue weighted by molar-refractivity contribution is 5.21. The van der Waals surface area contributed by atoms with Crippen molar-refractivity contribution < 1.29 is 4.39 Å². The van der Waals surface area contributed by atoms with Gasteiger partial charge in [0.15, 0.2) is 0 Å². The quantitative estimate of drug-likeness (QED) is 0.765. The van der Waals surface area contributed by atoms with Crippen molar-refractivity contribution in [3.05, 3.63) is 35.6 Å². The second-order valence-corrected chi connectivity index (χ2v) is 6.31. The zero-order chi connectivity index (χ0) is 15.1. The van der Waals surface area contributed by atoms with E-state index in [9.17, 15) is 4.39 Å². The molecule has 1 heterocycles. The molecule has 0 aliphatic carbocycles. The minimum absolute atomic E-state index is 0.0955. The summed E-state index contributed by atoms with van der Waals surface area (Å²) in [7, 11) is 0. The summed E-state index contributed by atoms with van der Waals surface area (Å²) in [6.45, 7) is 9.05. The number of likely N-dealkylation sites (tertiary alicyclic amines) is 1. The van der Waals surface area contributed by atoms with Crippen molar-refractivity contribution in [1.29, 1.82) is 0 Å². The predicted molar refractivity (Wildman–Crippen MR) is 86.9 cm³/mol. The Morgan fingerprint density at radius 1 is 1.29 bits per heavy atom. The molecular weight excluding hydrogens is 263 g/mol. The molecule has 1 unspecified atom stereocenters. The molecule has 1 saturated heterocycles. The zero-order valence-corrected chi connectivity index (χ0v) is 13.4. The van der Waals surface area contributed by atoms with Gasteiger partial charge in [0.25, 0.3) is 0 Å². The highest BCUT2D eigenvalue weighted by Gasteiger charge is 2.16. The number of nitrogens with one attached hydrogen (secondary N) is 1. The van der Waals surface area contributed by atoms with Gasteiger partial charge in [-0.3, -0.25) is 0 Å². The SMILES string of the molecule is CCC(NCCCN1CCC(C)CC1)c1ccccc1F. The summed E-state index contributed by atoms with van der Waals surface area (Å²) in [6, 6.07) is 7.24. The van der Waals surface area contributed by atoms with Crippen LogP contribution in [0.5, 0.6) is 0 Å². The zero-order valence-electron chi connectivity index (χ0n) is 13.4. The van der Waals surface area contributed by atoms with Crippen LogP contribution in [0.4, 0.5) is 4.39 Å². The number of nitrogens with zero attached hydrogens (tertiary/aromatic N) is 1. The van der Waals surface area contributed by atoms with Gasteiger partial charge in [-0.25, -0.2) is 4.39 Å². The highest BCUT2D eigenvalue weighted by Crippen LogP contribution is 2.20. The molecule has 2 rings (SSSR count). The van der Waals surface area contributed by atoms with E-state index in [-0.39, 0.29) is 11.9 Å². The Morgan fingerprint density at radius 3 is 2.67 bits per heavy atom. The molecule has 118 valence electrons. The lowest BCUT2D eigenvalue weighted by atomic mass is 9.99. The van der Waals surface area contributed by atoms with Crippen molar-refractivity contribution in [2.45, 2.75) is 45.6 Å². The molecule has 0 aromatic heterocycles. The number of rotatable bonds is 7. The Morgan fingerprint density at radius 2 is 2.00 bits per heavy atom. The molecular formula is C18H29FN2. The van der Waals surface area contributed by atoms with E-state index in [2.05, 4.69) is 24.1 Å². The summed E-state index contributed by atoms with van der Waals surface area (Å²) in [5.41, 5.74) is 0.798. The lowest BCUT2D eigenvalue weighted by Gasteiger charge is -2.30. The first kappa shape index (κ1) is 16.4. The third kappa shape index (κ3) is 5.08. The van der Waals surface area contributed by atoms with Crippen LogP contribution >= 0.6 is 0 Å². The van der Waals surface area contributed by atoms with Crippen LogP contribution in [0, 0.1) is 11.7 Å². The van der Waals surface area contributed by atoms with Crippen molar-refractivity contribution in [3.8, 4) is 0 Å². The van der Waals surface area contributed by atoms with E-state index in [1.807, 2.05) is 12.1 Å². The largest absolute Gasteiger partial charge is 0.310 e. The molecule has 1 aromatic carbocycles. The molecule has 0 amide bonds. The minimum atomic E-state index is -0.0955. The Labute approximate surface area is 128 Å². The molecule has 1 fully saturated rings.